The van der Waals surface area contributed by atoms with Crippen molar-refractivity contribution in [1.29, 1.82) is 0 Å². The highest BCUT2D eigenvalue weighted by molar-refractivity contribution is 6.33. The predicted octanol–water partition coefficient (Wildman–Crippen LogP) is 4.82. The first kappa shape index (κ1) is 27.1. The maximum Gasteiger partial charge on any atom is 0.390 e. The minimum absolute atomic E-state index is 0.0304. The summed E-state index contributed by atoms with van der Waals surface area (Å²) in [5, 5.41) is 10.9. The lowest BCUT2D eigenvalue weighted by atomic mass is 10.1. The third kappa shape index (κ3) is 6.66. The summed E-state index contributed by atoms with van der Waals surface area (Å²) in [5.74, 6) is -1.54. The number of rotatable bonds is 7. The number of halogens is 5. The van der Waals surface area contributed by atoms with Gasteiger partial charge in [0, 0.05) is 31.5 Å². The fraction of sp³-hybridized carbons (Fsp3) is 0.250. The second kappa shape index (κ2) is 11.2. The summed E-state index contributed by atoms with van der Waals surface area (Å²) in [4.78, 5) is 34.2. The van der Waals surface area contributed by atoms with Crippen LogP contribution in [0.3, 0.4) is 0 Å². The van der Waals surface area contributed by atoms with E-state index in [4.69, 9.17) is 11.6 Å². The summed E-state index contributed by atoms with van der Waals surface area (Å²) < 4.78 is 52.4. The molecule has 0 unspecified atom stereocenters. The molecule has 1 aliphatic rings. The largest absolute Gasteiger partial charge is 0.390 e. The van der Waals surface area contributed by atoms with Crippen molar-refractivity contribution in [3.63, 3.8) is 0 Å². The van der Waals surface area contributed by atoms with Crippen LogP contribution in [0.5, 0.6) is 0 Å². The van der Waals surface area contributed by atoms with Crippen LogP contribution in [0, 0.1) is 5.82 Å². The van der Waals surface area contributed by atoms with Crippen molar-refractivity contribution < 1.29 is 27.2 Å². The van der Waals surface area contributed by atoms with E-state index in [1.54, 1.807) is 18.2 Å². The van der Waals surface area contributed by atoms with E-state index < -0.39 is 30.2 Å². The molecule has 2 amide bonds. The number of hydrogen-bond acceptors (Lipinski definition) is 7. The van der Waals surface area contributed by atoms with Crippen LogP contribution < -0.4 is 21.3 Å². The molecule has 38 heavy (non-hydrogen) atoms. The van der Waals surface area contributed by atoms with Crippen LogP contribution in [-0.4, -0.2) is 53.0 Å². The lowest BCUT2D eigenvalue weighted by Crippen LogP contribution is -2.32. The van der Waals surface area contributed by atoms with Crippen molar-refractivity contribution in [3.05, 3.63) is 64.6 Å². The molecule has 4 rings (SSSR count). The topological polar surface area (TPSA) is 111 Å². The number of carbonyl (C=O) groups excluding carboxylic acids is 2. The Hall–Kier alpha value is -3.97. The summed E-state index contributed by atoms with van der Waals surface area (Å²) in [6.45, 7) is -0.308. The maximum atomic E-state index is 14.5. The van der Waals surface area contributed by atoms with Gasteiger partial charge in [-0.1, -0.05) is 23.7 Å². The number of nitrogens with zero attached hydrogens (tertiary/aromatic N) is 3. The molecule has 0 atom stereocenters. The first-order chi connectivity index (χ1) is 18.0. The number of amides is 2. The van der Waals surface area contributed by atoms with Crippen molar-refractivity contribution in [2.45, 2.75) is 19.1 Å². The van der Waals surface area contributed by atoms with Crippen molar-refractivity contribution in [3.8, 4) is 0 Å². The summed E-state index contributed by atoms with van der Waals surface area (Å²) >= 11 is 6.20. The van der Waals surface area contributed by atoms with Crippen LogP contribution >= 0.6 is 11.6 Å². The van der Waals surface area contributed by atoms with E-state index in [-0.39, 0.29) is 47.7 Å². The van der Waals surface area contributed by atoms with Crippen molar-refractivity contribution >= 4 is 52.2 Å². The first-order valence-corrected chi connectivity index (χ1v) is 11.7. The molecule has 0 radical (unpaired) electrons. The van der Waals surface area contributed by atoms with E-state index in [9.17, 15) is 27.2 Å². The fourth-order valence-corrected chi connectivity index (χ4v) is 3.92. The second-order valence-electron chi connectivity index (χ2n) is 8.38. The zero-order valence-corrected chi connectivity index (χ0v) is 20.7. The minimum Gasteiger partial charge on any atom is -0.355 e. The molecule has 0 fully saturated rings. The molecular weight excluding hydrogens is 530 g/mol. The van der Waals surface area contributed by atoms with Gasteiger partial charge in [0.15, 0.2) is 5.82 Å². The fourth-order valence-electron chi connectivity index (χ4n) is 3.78. The average Bonchev–Trinajstić information content (AvgIpc) is 3.02. The van der Waals surface area contributed by atoms with Gasteiger partial charge in [-0.3, -0.25) is 14.5 Å². The monoisotopic (exact) mass is 551 g/mol. The number of para-hydroxylation sites is 1. The molecule has 4 N–H and O–H groups in total. The Morgan fingerprint density at radius 3 is 2.71 bits per heavy atom. The van der Waals surface area contributed by atoms with E-state index in [1.807, 2.05) is 0 Å². The van der Waals surface area contributed by atoms with Crippen molar-refractivity contribution in [2.75, 3.05) is 36.1 Å². The lowest BCUT2D eigenvalue weighted by molar-refractivity contribution is -0.139. The Bertz CT molecular complexity index is 1370. The number of benzene rings is 2. The van der Waals surface area contributed by atoms with Gasteiger partial charge in [0.05, 0.1) is 30.4 Å². The summed E-state index contributed by atoms with van der Waals surface area (Å²) in [7, 11) is 1.42. The third-order valence-corrected chi connectivity index (χ3v) is 5.86. The standard InChI is InChI=1S/C24H22ClF4N7O2/c1-30-22(38)15-3-2-4-17(26)20(15)34-21-16(25)10-31-23(35-21)32-14-6-5-13-11-36(8-7-24(27,28)29)12-19(37)33-18(13)9-14/h2-6,9-10H,7-8,11-12H2,1H3,(H,30,38)(H,33,37)(H2,31,32,34,35). The van der Waals surface area contributed by atoms with Crippen LogP contribution in [0.15, 0.2) is 42.6 Å². The summed E-state index contributed by atoms with van der Waals surface area (Å²) in [6, 6.07) is 8.94. The van der Waals surface area contributed by atoms with Crippen LogP contribution in [-0.2, 0) is 11.3 Å². The minimum atomic E-state index is -4.32. The molecule has 1 aromatic heterocycles. The highest BCUT2D eigenvalue weighted by Crippen LogP contribution is 2.30. The van der Waals surface area contributed by atoms with Crippen molar-refractivity contribution in [2.24, 2.45) is 0 Å². The average molecular weight is 552 g/mol. The number of hydrogen-bond donors (Lipinski definition) is 4. The van der Waals surface area contributed by atoms with E-state index in [2.05, 4.69) is 31.2 Å². The van der Waals surface area contributed by atoms with Gasteiger partial charge < -0.3 is 21.3 Å². The number of anilines is 5. The number of nitrogens with one attached hydrogen (secondary N) is 4. The lowest BCUT2D eigenvalue weighted by Gasteiger charge is -2.19. The molecule has 1 aliphatic heterocycles. The molecule has 9 nitrogen and oxygen atoms in total. The molecule has 2 heterocycles. The highest BCUT2D eigenvalue weighted by atomic mass is 35.5. The van der Waals surface area contributed by atoms with E-state index in [0.717, 1.165) is 0 Å². The van der Waals surface area contributed by atoms with Gasteiger partial charge in [0.1, 0.15) is 10.8 Å². The summed E-state index contributed by atoms with van der Waals surface area (Å²) in [5.41, 5.74) is 1.47. The summed E-state index contributed by atoms with van der Waals surface area (Å²) in [6.07, 6.45) is -4.05. The van der Waals surface area contributed by atoms with Gasteiger partial charge in [-0.2, -0.15) is 18.2 Å². The smallest absolute Gasteiger partial charge is 0.355 e. The molecule has 0 bridgehead atoms. The molecular formula is C24H22ClF4N7O2. The second-order valence-corrected chi connectivity index (χ2v) is 8.78. The molecule has 0 saturated carbocycles. The maximum absolute atomic E-state index is 14.5. The zero-order valence-electron chi connectivity index (χ0n) is 19.9. The Morgan fingerprint density at radius 2 is 1.97 bits per heavy atom. The number of aromatic nitrogens is 2. The van der Waals surface area contributed by atoms with Crippen LogP contribution in [0.4, 0.5) is 46.4 Å². The molecule has 0 aliphatic carbocycles. The van der Waals surface area contributed by atoms with Gasteiger partial charge >= 0.3 is 6.18 Å². The molecule has 0 spiro atoms. The predicted molar refractivity (Wildman–Crippen MR) is 134 cm³/mol. The Morgan fingerprint density at radius 1 is 1.18 bits per heavy atom. The molecule has 2 aromatic carbocycles. The van der Waals surface area contributed by atoms with Gasteiger partial charge in [-0.15, -0.1) is 0 Å². The molecule has 14 heteroatoms. The Kier molecular flexibility index (Phi) is 7.97. The quantitative estimate of drug-likeness (QED) is 0.311. The number of carbonyl (C=O) groups is 2. The SMILES string of the molecule is CNC(=O)c1cccc(F)c1Nc1nc(Nc2ccc3c(c2)NC(=O)CN(CCC(F)(F)F)C3)ncc1Cl. The molecule has 0 saturated heterocycles. The van der Waals surface area contributed by atoms with Gasteiger partial charge in [0.2, 0.25) is 11.9 Å². The number of fused-ring (bicyclic) bond motifs is 1. The van der Waals surface area contributed by atoms with E-state index >= 15 is 0 Å². The Balaban J connectivity index is 1.54. The van der Waals surface area contributed by atoms with E-state index in [1.165, 1.54) is 36.3 Å². The molecule has 3 aromatic rings. The van der Waals surface area contributed by atoms with Gasteiger partial charge in [0.25, 0.3) is 5.91 Å². The highest BCUT2D eigenvalue weighted by Gasteiger charge is 2.29. The van der Waals surface area contributed by atoms with E-state index in [0.29, 0.717) is 16.9 Å². The van der Waals surface area contributed by atoms with Crippen molar-refractivity contribution in [1.82, 2.24) is 20.2 Å². The zero-order chi connectivity index (χ0) is 27.4. The normalized spacial score (nSPS) is 13.8. The number of alkyl halides is 3. The first-order valence-electron chi connectivity index (χ1n) is 11.3. The van der Waals surface area contributed by atoms with Crippen LogP contribution in [0.2, 0.25) is 5.02 Å². The van der Waals surface area contributed by atoms with Gasteiger partial charge in [-0.05, 0) is 29.8 Å². The Labute approximate surface area is 219 Å². The van der Waals surface area contributed by atoms with Crippen LogP contribution in [0.1, 0.15) is 22.3 Å². The van der Waals surface area contributed by atoms with Gasteiger partial charge in [-0.25, -0.2) is 9.37 Å². The van der Waals surface area contributed by atoms with Crippen LogP contribution in [0.25, 0.3) is 0 Å². The molecule has 200 valence electrons. The third-order valence-electron chi connectivity index (χ3n) is 5.59.